The van der Waals surface area contributed by atoms with Crippen LogP contribution in [-0.2, 0) is 0 Å². The van der Waals surface area contributed by atoms with Crippen molar-refractivity contribution in [3.8, 4) is 0 Å². The Labute approximate surface area is 116 Å². The van der Waals surface area contributed by atoms with E-state index in [0.29, 0.717) is 0 Å². The Morgan fingerprint density at radius 1 is 1.47 bits per heavy atom. The second kappa shape index (κ2) is 5.13. The van der Waals surface area contributed by atoms with Crippen LogP contribution in [0.15, 0.2) is 36.0 Å². The number of hydrogen-bond acceptors (Lipinski definition) is 3. The lowest BCUT2D eigenvalue weighted by Crippen LogP contribution is -2.30. The maximum atomic E-state index is 12.6. The minimum atomic E-state index is 0.166. The quantitative estimate of drug-likeness (QED) is 0.839. The van der Waals surface area contributed by atoms with E-state index in [4.69, 9.17) is 0 Å². The summed E-state index contributed by atoms with van der Waals surface area (Å²) in [6.07, 6.45) is 5.74. The summed E-state index contributed by atoms with van der Waals surface area (Å²) in [4.78, 5) is 19.7. The van der Waals surface area contributed by atoms with Crippen molar-refractivity contribution in [2.24, 2.45) is 0 Å². The minimum absolute atomic E-state index is 0.166. The van der Waals surface area contributed by atoms with E-state index in [2.05, 4.69) is 11.1 Å². The summed E-state index contributed by atoms with van der Waals surface area (Å²) in [7, 11) is 0. The molecule has 98 valence electrons. The van der Waals surface area contributed by atoms with E-state index in [9.17, 15) is 4.79 Å². The molecule has 1 unspecified atom stereocenters. The van der Waals surface area contributed by atoms with Crippen LogP contribution < -0.4 is 0 Å². The molecule has 0 radical (unpaired) electrons. The van der Waals surface area contributed by atoms with Gasteiger partial charge in [-0.25, -0.2) is 0 Å². The van der Waals surface area contributed by atoms with Gasteiger partial charge in [-0.15, -0.1) is 11.3 Å². The van der Waals surface area contributed by atoms with Crippen molar-refractivity contribution in [3.05, 3.63) is 52.0 Å². The summed E-state index contributed by atoms with van der Waals surface area (Å²) < 4.78 is 0. The molecule has 2 aromatic rings. The van der Waals surface area contributed by atoms with Crippen LogP contribution in [0.25, 0.3) is 0 Å². The average molecular weight is 272 g/mol. The Hall–Kier alpha value is -1.68. The van der Waals surface area contributed by atoms with Gasteiger partial charge in [0.05, 0.1) is 10.9 Å². The van der Waals surface area contributed by atoms with Gasteiger partial charge in [-0.3, -0.25) is 9.78 Å². The molecule has 1 aliphatic heterocycles. The van der Waals surface area contributed by atoms with Crippen LogP contribution in [0.2, 0.25) is 0 Å². The molecule has 1 atom stereocenters. The number of thiophene rings is 1. The Bertz CT molecular complexity index is 579. The fourth-order valence-corrected chi connectivity index (χ4v) is 3.53. The van der Waals surface area contributed by atoms with Crippen molar-refractivity contribution in [1.29, 1.82) is 0 Å². The van der Waals surface area contributed by atoms with E-state index in [1.165, 1.54) is 11.3 Å². The van der Waals surface area contributed by atoms with Gasteiger partial charge in [-0.1, -0.05) is 6.07 Å². The van der Waals surface area contributed by atoms with Crippen LogP contribution >= 0.6 is 11.3 Å². The molecule has 4 heteroatoms. The Morgan fingerprint density at radius 3 is 3.05 bits per heavy atom. The summed E-state index contributed by atoms with van der Waals surface area (Å²) in [5, 5.41) is 1.98. The van der Waals surface area contributed by atoms with Gasteiger partial charge < -0.3 is 4.90 Å². The zero-order valence-electron chi connectivity index (χ0n) is 10.9. The molecule has 3 heterocycles. The molecule has 3 nitrogen and oxygen atoms in total. The van der Waals surface area contributed by atoms with Crippen LogP contribution in [0.5, 0.6) is 0 Å². The first-order valence-electron chi connectivity index (χ1n) is 6.52. The molecule has 19 heavy (non-hydrogen) atoms. The van der Waals surface area contributed by atoms with Crippen LogP contribution in [0.3, 0.4) is 0 Å². The SMILES string of the molecule is Cc1ccsc1C(=O)N1CCCC1c1cccnc1. The summed E-state index contributed by atoms with van der Waals surface area (Å²) in [5.74, 6) is 0.166. The highest BCUT2D eigenvalue weighted by Crippen LogP contribution is 2.33. The lowest BCUT2D eigenvalue weighted by Gasteiger charge is -2.24. The maximum absolute atomic E-state index is 12.6. The zero-order valence-corrected chi connectivity index (χ0v) is 11.7. The third kappa shape index (κ3) is 2.28. The van der Waals surface area contributed by atoms with E-state index >= 15 is 0 Å². The predicted octanol–water partition coefficient (Wildman–Crippen LogP) is 3.43. The predicted molar refractivity (Wildman–Crippen MR) is 76.3 cm³/mol. The Balaban J connectivity index is 1.88. The van der Waals surface area contributed by atoms with E-state index in [0.717, 1.165) is 35.4 Å². The fourth-order valence-electron chi connectivity index (χ4n) is 2.65. The molecule has 0 bridgehead atoms. The van der Waals surface area contributed by atoms with Crippen molar-refractivity contribution in [2.45, 2.75) is 25.8 Å². The number of nitrogens with zero attached hydrogens (tertiary/aromatic N) is 2. The number of carbonyl (C=O) groups is 1. The molecular weight excluding hydrogens is 256 g/mol. The number of aromatic nitrogens is 1. The van der Waals surface area contributed by atoms with Gasteiger partial charge in [-0.2, -0.15) is 0 Å². The highest BCUT2D eigenvalue weighted by molar-refractivity contribution is 7.12. The first-order chi connectivity index (χ1) is 9.27. The zero-order chi connectivity index (χ0) is 13.2. The monoisotopic (exact) mass is 272 g/mol. The van der Waals surface area contributed by atoms with E-state index < -0.39 is 0 Å². The van der Waals surface area contributed by atoms with Gasteiger partial charge in [0.1, 0.15) is 0 Å². The van der Waals surface area contributed by atoms with Crippen LogP contribution in [0, 0.1) is 6.92 Å². The normalized spacial score (nSPS) is 18.8. The first kappa shape index (κ1) is 12.4. The largest absolute Gasteiger partial charge is 0.331 e. The van der Waals surface area contributed by atoms with Gasteiger partial charge in [0.15, 0.2) is 0 Å². The summed E-state index contributed by atoms with van der Waals surface area (Å²) in [6, 6.07) is 6.19. The molecule has 0 N–H and O–H groups in total. The Kier molecular flexibility index (Phi) is 3.34. The number of pyridine rings is 1. The molecule has 1 fully saturated rings. The third-order valence-electron chi connectivity index (χ3n) is 3.64. The van der Waals surface area contributed by atoms with Crippen molar-refractivity contribution in [2.75, 3.05) is 6.54 Å². The second-order valence-corrected chi connectivity index (χ2v) is 5.79. The van der Waals surface area contributed by atoms with E-state index in [1.54, 1.807) is 6.20 Å². The molecular formula is C15H16N2OS. The van der Waals surface area contributed by atoms with E-state index in [1.807, 2.05) is 35.5 Å². The topological polar surface area (TPSA) is 33.2 Å². The lowest BCUT2D eigenvalue weighted by atomic mass is 10.1. The van der Waals surface area contributed by atoms with Gasteiger partial charge in [0, 0.05) is 18.9 Å². The van der Waals surface area contributed by atoms with Gasteiger partial charge in [0.2, 0.25) is 0 Å². The van der Waals surface area contributed by atoms with Crippen molar-refractivity contribution >= 4 is 17.2 Å². The van der Waals surface area contributed by atoms with Gasteiger partial charge >= 0.3 is 0 Å². The number of hydrogen-bond donors (Lipinski definition) is 0. The average Bonchev–Trinajstić information content (AvgIpc) is 3.07. The Morgan fingerprint density at radius 2 is 2.37 bits per heavy atom. The summed E-state index contributed by atoms with van der Waals surface area (Å²) in [6.45, 7) is 2.84. The number of rotatable bonds is 2. The minimum Gasteiger partial charge on any atom is -0.331 e. The number of carbonyl (C=O) groups excluding carboxylic acids is 1. The molecule has 1 saturated heterocycles. The summed E-state index contributed by atoms with van der Waals surface area (Å²) in [5.41, 5.74) is 2.22. The first-order valence-corrected chi connectivity index (χ1v) is 7.40. The smallest absolute Gasteiger partial charge is 0.264 e. The van der Waals surface area contributed by atoms with Crippen LogP contribution in [-0.4, -0.2) is 22.3 Å². The molecule has 3 rings (SSSR count). The summed E-state index contributed by atoms with van der Waals surface area (Å²) >= 11 is 1.53. The maximum Gasteiger partial charge on any atom is 0.264 e. The van der Waals surface area contributed by atoms with Crippen molar-refractivity contribution in [3.63, 3.8) is 0 Å². The molecule has 0 aliphatic carbocycles. The molecule has 0 spiro atoms. The van der Waals surface area contributed by atoms with E-state index in [-0.39, 0.29) is 11.9 Å². The van der Waals surface area contributed by atoms with Crippen molar-refractivity contribution < 1.29 is 4.79 Å². The van der Waals surface area contributed by atoms with Gasteiger partial charge in [0.25, 0.3) is 5.91 Å². The molecule has 1 aliphatic rings. The third-order valence-corrected chi connectivity index (χ3v) is 4.64. The molecule has 1 amide bonds. The van der Waals surface area contributed by atoms with Crippen molar-refractivity contribution in [1.82, 2.24) is 9.88 Å². The second-order valence-electron chi connectivity index (χ2n) is 4.88. The van der Waals surface area contributed by atoms with Gasteiger partial charge in [-0.05, 0) is 48.4 Å². The lowest BCUT2D eigenvalue weighted by molar-refractivity contribution is 0.0740. The fraction of sp³-hybridized carbons (Fsp3) is 0.333. The standard InChI is InChI=1S/C15H16N2OS/c1-11-6-9-19-14(11)15(18)17-8-3-5-13(17)12-4-2-7-16-10-12/h2,4,6-7,9-10,13H,3,5,8H2,1H3. The molecule has 0 aromatic carbocycles. The molecule has 0 saturated carbocycles. The molecule has 2 aromatic heterocycles. The van der Waals surface area contributed by atoms with Crippen LogP contribution in [0.1, 0.15) is 39.7 Å². The number of likely N-dealkylation sites (tertiary alicyclic amines) is 1. The number of amides is 1. The van der Waals surface area contributed by atoms with Crippen LogP contribution in [0.4, 0.5) is 0 Å². The highest BCUT2D eigenvalue weighted by atomic mass is 32.1. The highest BCUT2D eigenvalue weighted by Gasteiger charge is 2.31. The number of aryl methyl sites for hydroxylation is 1.